The third-order valence-corrected chi connectivity index (χ3v) is 7.21. The summed E-state index contributed by atoms with van der Waals surface area (Å²) in [6.07, 6.45) is 7.58. The molecule has 0 fully saturated rings. The number of nitrogens with zero attached hydrogens (tertiary/aromatic N) is 3. The topological polar surface area (TPSA) is 29.0 Å². The van der Waals surface area contributed by atoms with E-state index in [-0.39, 0.29) is 16.9 Å². The smallest absolute Gasteiger partial charge is 0.179 e. The molecule has 1 unspecified atom stereocenters. The summed E-state index contributed by atoms with van der Waals surface area (Å²) in [6.45, 7) is 13.5. The highest BCUT2D eigenvalue weighted by atomic mass is 79.9. The average Bonchev–Trinajstić information content (AvgIpc) is 3.20. The van der Waals surface area contributed by atoms with Crippen molar-refractivity contribution < 1.29 is 0 Å². The number of halogens is 1. The second-order valence-corrected chi connectivity index (χ2v) is 12.7. The second-order valence-electron chi connectivity index (χ2n) is 10.7. The maximum Gasteiger partial charge on any atom is 0.179 e. The molecule has 0 aliphatic heterocycles. The Bertz CT molecular complexity index is 1100. The predicted molar refractivity (Wildman–Crippen MR) is 146 cm³/mol. The lowest BCUT2D eigenvalue weighted by Crippen LogP contribution is -2.30. The number of hydrogen-bond donors (Lipinski definition) is 0. The third-order valence-electron chi connectivity index (χ3n) is 6.09. The van der Waals surface area contributed by atoms with E-state index in [1.165, 1.54) is 34.0 Å². The van der Waals surface area contributed by atoms with Crippen LogP contribution in [-0.2, 0) is 10.8 Å². The molecule has 3 aromatic rings. The molecule has 4 rings (SSSR count). The molecule has 1 aliphatic rings. The Balaban J connectivity index is 1.68. The predicted octanol–water partition coefficient (Wildman–Crippen LogP) is 8.45. The van der Waals surface area contributed by atoms with Crippen molar-refractivity contribution in [3.05, 3.63) is 87.6 Å². The van der Waals surface area contributed by atoms with Crippen LogP contribution in [0.2, 0.25) is 0 Å². The van der Waals surface area contributed by atoms with Crippen molar-refractivity contribution in [1.82, 2.24) is 9.36 Å². The minimum absolute atomic E-state index is 0.134. The normalized spacial score (nSPS) is 16.6. The van der Waals surface area contributed by atoms with Gasteiger partial charge in [-0.2, -0.15) is 4.37 Å². The van der Waals surface area contributed by atoms with Crippen LogP contribution < -0.4 is 4.90 Å². The molecular weight excluding hydrogens is 490 g/mol. The maximum atomic E-state index is 4.48. The van der Waals surface area contributed by atoms with Crippen LogP contribution in [0.1, 0.15) is 64.9 Å². The van der Waals surface area contributed by atoms with Gasteiger partial charge in [0.2, 0.25) is 0 Å². The first-order chi connectivity index (χ1) is 15.5. The summed E-state index contributed by atoms with van der Waals surface area (Å²) in [5.41, 5.74) is 6.44. The Morgan fingerprint density at radius 1 is 0.848 bits per heavy atom. The van der Waals surface area contributed by atoms with E-state index in [9.17, 15) is 0 Å². The third kappa shape index (κ3) is 5.47. The van der Waals surface area contributed by atoms with Gasteiger partial charge in [-0.25, -0.2) is 4.98 Å². The molecule has 0 spiro atoms. The Kier molecular flexibility index (Phi) is 6.66. The molecule has 2 aromatic carbocycles. The molecule has 0 N–H and O–H groups in total. The van der Waals surface area contributed by atoms with Crippen LogP contribution in [0.3, 0.4) is 0 Å². The van der Waals surface area contributed by atoms with Crippen LogP contribution in [0.25, 0.3) is 5.57 Å². The van der Waals surface area contributed by atoms with Crippen molar-refractivity contribution in [2.75, 3.05) is 4.90 Å². The fourth-order valence-electron chi connectivity index (χ4n) is 4.06. The van der Waals surface area contributed by atoms with Crippen molar-refractivity contribution in [3.8, 4) is 0 Å². The molecule has 172 valence electrons. The number of rotatable bonds is 4. The number of anilines is 2. The molecule has 0 amide bonds. The Morgan fingerprint density at radius 2 is 1.36 bits per heavy atom. The van der Waals surface area contributed by atoms with Crippen LogP contribution in [0.4, 0.5) is 11.4 Å². The zero-order chi connectivity index (χ0) is 23.8. The summed E-state index contributed by atoms with van der Waals surface area (Å²) in [5.74, 6) is 0.789. The summed E-state index contributed by atoms with van der Waals surface area (Å²) >= 11 is 4.80. The summed E-state index contributed by atoms with van der Waals surface area (Å²) in [4.78, 5) is 6.91. The molecular formula is C28H32BrN3S. The van der Waals surface area contributed by atoms with E-state index < -0.39 is 0 Å². The van der Waals surface area contributed by atoms with Crippen LogP contribution in [0.5, 0.6) is 0 Å². The largest absolute Gasteiger partial charge is 0.334 e. The van der Waals surface area contributed by atoms with E-state index in [4.69, 9.17) is 0 Å². The first kappa shape index (κ1) is 23.9. The Hall–Kier alpha value is -2.24. The molecule has 0 radical (unpaired) electrons. The van der Waals surface area contributed by atoms with Gasteiger partial charge in [0.05, 0.1) is 6.04 Å². The van der Waals surface area contributed by atoms with Crippen molar-refractivity contribution in [3.63, 3.8) is 0 Å². The fourth-order valence-corrected chi connectivity index (χ4v) is 4.89. The van der Waals surface area contributed by atoms with Gasteiger partial charge in [0.15, 0.2) is 9.74 Å². The molecule has 1 atom stereocenters. The van der Waals surface area contributed by atoms with Gasteiger partial charge < -0.3 is 4.90 Å². The van der Waals surface area contributed by atoms with Gasteiger partial charge in [0, 0.05) is 16.9 Å². The molecule has 5 heteroatoms. The minimum Gasteiger partial charge on any atom is -0.334 e. The van der Waals surface area contributed by atoms with Crippen molar-refractivity contribution in [2.24, 2.45) is 0 Å². The SMILES string of the molecule is CC(C)(C)c1ccc(N(c2ccc(C(C)(C)C)cc2)C2C=CC(c3nsc(Br)n3)=CC2)cc1. The molecule has 0 saturated carbocycles. The van der Waals surface area contributed by atoms with Gasteiger partial charge in [-0.15, -0.1) is 0 Å². The van der Waals surface area contributed by atoms with Gasteiger partial charge in [-0.3, -0.25) is 0 Å². The van der Waals surface area contributed by atoms with Crippen LogP contribution in [0.15, 0.2) is 70.7 Å². The highest BCUT2D eigenvalue weighted by Gasteiger charge is 2.23. The van der Waals surface area contributed by atoms with Gasteiger partial charge in [-0.05, 0) is 80.1 Å². The van der Waals surface area contributed by atoms with E-state index in [1.807, 2.05) is 0 Å². The lowest BCUT2D eigenvalue weighted by atomic mass is 9.86. The van der Waals surface area contributed by atoms with Crippen molar-refractivity contribution >= 4 is 44.4 Å². The number of aromatic nitrogens is 2. The Labute approximate surface area is 210 Å². The maximum absolute atomic E-state index is 4.48. The quantitative estimate of drug-likeness (QED) is 0.344. The lowest BCUT2D eigenvalue weighted by Gasteiger charge is -2.34. The fraction of sp³-hybridized carbons (Fsp3) is 0.357. The molecule has 0 bridgehead atoms. The molecule has 1 heterocycles. The number of benzene rings is 2. The molecule has 1 aliphatic carbocycles. The zero-order valence-electron chi connectivity index (χ0n) is 20.3. The molecule has 0 saturated heterocycles. The second kappa shape index (κ2) is 9.19. The standard InChI is InChI=1S/C28H32BrN3S/c1-27(2,3)20-9-15-23(16-10-20)32(24-17-11-21(12-18-24)28(4,5)6)22-13-7-19(8-14-22)25-30-26(29)33-31-25/h7-13,15-18,22H,14H2,1-6H3. The van der Waals surface area contributed by atoms with E-state index in [0.717, 1.165) is 21.7 Å². The number of hydrogen-bond acceptors (Lipinski definition) is 4. The van der Waals surface area contributed by atoms with Crippen molar-refractivity contribution in [2.45, 2.75) is 64.8 Å². The highest BCUT2D eigenvalue weighted by Crippen LogP contribution is 2.35. The summed E-state index contributed by atoms with van der Waals surface area (Å²) in [6, 6.07) is 18.3. The van der Waals surface area contributed by atoms with E-state index in [0.29, 0.717) is 0 Å². The number of allylic oxidation sites excluding steroid dienone is 2. The minimum atomic E-state index is 0.134. The first-order valence-corrected chi connectivity index (χ1v) is 13.0. The van der Waals surface area contributed by atoms with Gasteiger partial charge in [-0.1, -0.05) is 84.0 Å². The van der Waals surface area contributed by atoms with Gasteiger partial charge >= 0.3 is 0 Å². The summed E-state index contributed by atoms with van der Waals surface area (Å²) < 4.78 is 5.25. The lowest BCUT2D eigenvalue weighted by molar-refractivity contribution is 0.590. The average molecular weight is 523 g/mol. The van der Waals surface area contributed by atoms with Crippen molar-refractivity contribution in [1.29, 1.82) is 0 Å². The van der Waals surface area contributed by atoms with E-state index in [1.54, 1.807) is 0 Å². The van der Waals surface area contributed by atoms with Gasteiger partial charge in [0.1, 0.15) is 0 Å². The highest BCUT2D eigenvalue weighted by molar-refractivity contribution is 9.11. The van der Waals surface area contributed by atoms with Gasteiger partial charge in [0.25, 0.3) is 0 Å². The van der Waals surface area contributed by atoms with Crippen LogP contribution in [0, 0.1) is 0 Å². The van der Waals surface area contributed by atoms with Crippen LogP contribution in [-0.4, -0.2) is 15.4 Å². The molecule has 33 heavy (non-hydrogen) atoms. The van der Waals surface area contributed by atoms with E-state index >= 15 is 0 Å². The van der Waals surface area contributed by atoms with E-state index in [2.05, 4.69) is 138 Å². The first-order valence-electron chi connectivity index (χ1n) is 11.4. The summed E-state index contributed by atoms with van der Waals surface area (Å²) in [5, 5.41) is 0. The summed E-state index contributed by atoms with van der Waals surface area (Å²) in [7, 11) is 0. The monoisotopic (exact) mass is 521 g/mol. The molecule has 1 aromatic heterocycles. The Morgan fingerprint density at radius 3 is 1.73 bits per heavy atom. The van der Waals surface area contributed by atoms with Crippen LogP contribution >= 0.6 is 27.5 Å². The zero-order valence-corrected chi connectivity index (χ0v) is 22.7. The molecule has 3 nitrogen and oxygen atoms in total.